The lowest BCUT2D eigenvalue weighted by Gasteiger charge is -2.31. The summed E-state index contributed by atoms with van der Waals surface area (Å²) in [5.74, 6) is 0.0422. The number of hydrogen-bond donors (Lipinski definition) is 1. The quantitative estimate of drug-likeness (QED) is 0.772. The van der Waals surface area contributed by atoms with Gasteiger partial charge in [-0.05, 0) is 24.8 Å². The highest BCUT2D eigenvalue weighted by Gasteiger charge is 2.27. The summed E-state index contributed by atoms with van der Waals surface area (Å²) in [6, 6.07) is 3.30. The predicted molar refractivity (Wildman–Crippen MR) is 55.7 cm³/mol. The lowest BCUT2D eigenvalue weighted by molar-refractivity contribution is 0.259. The van der Waals surface area contributed by atoms with Crippen LogP contribution in [0.5, 0.6) is 0 Å². The summed E-state index contributed by atoms with van der Waals surface area (Å²) in [5, 5.41) is 0. The molecule has 0 unspecified atom stereocenters. The minimum absolute atomic E-state index is 0. The summed E-state index contributed by atoms with van der Waals surface area (Å²) in [5.41, 5.74) is 6.48. The number of nitrogens with zero attached hydrogens (tertiary/aromatic N) is 1. The molecule has 1 aromatic heterocycles. The molecule has 78 valence electrons. The molecule has 4 heteroatoms. The van der Waals surface area contributed by atoms with Gasteiger partial charge < -0.3 is 5.73 Å². The summed E-state index contributed by atoms with van der Waals surface area (Å²) >= 11 is 0. The Balaban J connectivity index is 0.000000980. The van der Waals surface area contributed by atoms with Gasteiger partial charge in [0.15, 0.2) is 0 Å². The molecule has 0 radical (unpaired) electrons. The van der Waals surface area contributed by atoms with E-state index in [9.17, 15) is 4.39 Å². The average molecular weight is 217 g/mol. The molecule has 1 heterocycles. The number of nitrogens with two attached hydrogens (primary N) is 1. The van der Waals surface area contributed by atoms with Crippen LogP contribution in [0.4, 0.5) is 4.39 Å². The second kappa shape index (κ2) is 4.71. The molecule has 14 heavy (non-hydrogen) atoms. The third kappa shape index (κ3) is 2.04. The maximum Gasteiger partial charge on any atom is 0.217 e. The van der Waals surface area contributed by atoms with Crippen molar-refractivity contribution in [2.24, 2.45) is 11.7 Å². The van der Waals surface area contributed by atoms with Gasteiger partial charge in [-0.15, -0.1) is 12.4 Å². The molecule has 2 rings (SSSR count). The highest BCUT2D eigenvalue weighted by atomic mass is 35.5. The summed E-state index contributed by atoms with van der Waals surface area (Å²) in [6.07, 6.45) is 4.91. The van der Waals surface area contributed by atoms with E-state index in [-0.39, 0.29) is 18.4 Å². The number of halogens is 2. The monoisotopic (exact) mass is 216 g/mol. The Labute approximate surface area is 89.1 Å². The maximum atomic E-state index is 13.2. The van der Waals surface area contributed by atoms with Crippen molar-refractivity contribution in [2.75, 3.05) is 0 Å². The predicted octanol–water partition coefficient (Wildman–Crippen LogP) is 2.44. The van der Waals surface area contributed by atoms with Gasteiger partial charge >= 0.3 is 0 Å². The smallest absolute Gasteiger partial charge is 0.217 e. The molecule has 2 nitrogen and oxygen atoms in total. The molecule has 0 amide bonds. The first-order valence-corrected chi connectivity index (χ1v) is 4.65. The Morgan fingerprint density at radius 1 is 1.50 bits per heavy atom. The minimum atomic E-state index is -0.415. The Morgan fingerprint density at radius 2 is 2.21 bits per heavy atom. The van der Waals surface area contributed by atoms with Crippen molar-refractivity contribution in [1.82, 2.24) is 4.98 Å². The topological polar surface area (TPSA) is 38.9 Å². The first-order valence-electron chi connectivity index (χ1n) is 4.65. The lowest BCUT2D eigenvalue weighted by atomic mass is 9.78. The largest absolute Gasteiger partial charge is 0.324 e. The van der Waals surface area contributed by atoms with Gasteiger partial charge in [0.1, 0.15) is 0 Å². The molecule has 0 saturated heterocycles. The second-order valence-corrected chi connectivity index (χ2v) is 3.60. The Kier molecular flexibility index (Phi) is 3.84. The molecule has 1 atom stereocenters. The minimum Gasteiger partial charge on any atom is -0.324 e. The molecule has 1 fully saturated rings. The third-order valence-electron chi connectivity index (χ3n) is 2.80. The molecular formula is C10H14ClFN2. The zero-order valence-corrected chi connectivity index (χ0v) is 8.64. The molecule has 0 aromatic carbocycles. The molecule has 1 aliphatic carbocycles. The molecule has 0 spiro atoms. The number of aromatic nitrogens is 1. The van der Waals surface area contributed by atoms with E-state index in [1.807, 2.05) is 0 Å². The fourth-order valence-electron chi connectivity index (χ4n) is 1.70. The molecule has 1 aromatic rings. The van der Waals surface area contributed by atoms with E-state index in [0.717, 1.165) is 12.8 Å². The van der Waals surface area contributed by atoms with E-state index < -0.39 is 5.95 Å². The van der Waals surface area contributed by atoms with Crippen molar-refractivity contribution in [2.45, 2.75) is 25.3 Å². The summed E-state index contributed by atoms with van der Waals surface area (Å²) < 4.78 is 13.2. The van der Waals surface area contributed by atoms with Crippen LogP contribution in [-0.4, -0.2) is 4.98 Å². The molecule has 1 aliphatic rings. The van der Waals surface area contributed by atoms with Crippen molar-refractivity contribution < 1.29 is 4.39 Å². The van der Waals surface area contributed by atoms with E-state index in [0.29, 0.717) is 11.5 Å². The Bertz CT molecular complexity index is 302. The SMILES string of the molecule is Cl.N[C@@H](c1cccnc1F)C1CCC1. The normalized spacial score (nSPS) is 18.1. The molecule has 0 bridgehead atoms. The van der Waals surface area contributed by atoms with Crippen LogP contribution in [0.25, 0.3) is 0 Å². The van der Waals surface area contributed by atoms with Crippen LogP contribution in [0.1, 0.15) is 30.9 Å². The van der Waals surface area contributed by atoms with E-state index in [1.165, 1.54) is 12.6 Å². The van der Waals surface area contributed by atoms with Gasteiger partial charge in [-0.25, -0.2) is 4.98 Å². The van der Waals surface area contributed by atoms with Crippen molar-refractivity contribution in [3.63, 3.8) is 0 Å². The lowest BCUT2D eigenvalue weighted by Crippen LogP contribution is -2.27. The average Bonchev–Trinajstić information content (AvgIpc) is 2.01. The maximum absolute atomic E-state index is 13.2. The van der Waals surface area contributed by atoms with Crippen LogP contribution in [0.3, 0.4) is 0 Å². The third-order valence-corrected chi connectivity index (χ3v) is 2.80. The van der Waals surface area contributed by atoms with Gasteiger partial charge in [0.25, 0.3) is 0 Å². The summed E-state index contributed by atoms with van der Waals surface area (Å²) in [4.78, 5) is 3.59. The fraction of sp³-hybridized carbons (Fsp3) is 0.500. The van der Waals surface area contributed by atoms with Gasteiger partial charge in [0.05, 0.1) is 0 Å². The van der Waals surface area contributed by atoms with Crippen LogP contribution in [-0.2, 0) is 0 Å². The van der Waals surface area contributed by atoms with E-state index in [4.69, 9.17) is 5.73 Å². The Hall–Kier alpha value is -0.670. The van der Waals surface area contributed by atoms with Crippen LogP contribution >= 0.6 is 12.4 Å². The molecule has 0 aliphatic heterocycles. The summed E-state index contributed by atoms with van der Waals surface area (Å²) in [7, 11) is 0. The Morgan fingerprint density at radius 3 is 2.71 bits per heavy atom. The molecule has 1 saturated carbocycles. The fourth-order valence-corrected chi connectivity index (χ4v) is 1.70. The number of pyridine rings is 1. The van der Waals surface area contributed by atoms with Gasteiger partial charge in [0, 0.05) is 17.8 Å². The van der Waals surface area contributed by atoms with Gasteiger partial charge in [-0.1, -0.05) is 12.5 Å². The van der Waals surface area contributed by atoms with Crippen molar-refractivity contribution >= 4 is 12.4 Å². The molecular weight excluding hydrogens is 203 g/mol. The van der Waals surface area contributed by atoms with Crippen LogP contribution < -0.4 is 5.73 Å². The van der Waals surface area contributed by atoms with Crippen molar-refractivity contribution in [3.8, 4) is 0 Å². The van der Waals surface area contributed by atoms with Crippen LogP contribution in [0.2, 0.25) is 0 Å². The number of rotatable bonds is 2. The number of hydrogen-bond acceptors (Lipinski definition) is 2. The van der Waals surface area contributed by atoms with E-state index in [1.54, 1.807) is 12.1 Å². The molecule has 2 N–H and O–H groups in total. The summed E-state index contributed by atoms with van der Waals surface area (Å²) in [6.45, 7) is 0. The standard InChI is InChI=1S/C10H13FN2.ClH/c11-10-8(5-2-6-13-10)9(12)7-3-1-4-7;/h2,5-7,9H,1,3-4,12H2;1H/t9-;/m1./s1. The van der Waals surface area contributed by atoms with Crippen molar-refractivity contribution in [3.05, 3.63) is 29.8 Å². The first-order chi connectivity index (χ1) is 6.29. The van der Waals surface area contributed by atoms with Gasteiger partial charge in [-0.2, -0.15) is 4.39 Å². The zero-order chi connectivity index (χ0) is 9.26. The highest BCUT2D eigenvalue weighted by Crippen LogP contribution is 2.36. The van der Waals surface area contributed by atoms with Crippen molar-refractivity contribution in [1.29, 1.82) is 0 Å². The highest BCUT2D eigenvalue weighted by molar-refractivity contribution is 5.85. The van der Waals surface area contributed by atoms with Crippen LogP contribution in [0.15, 0.2) is 18.3 Å². The van der Waals surface area contributed by atoms with Gasteiger partial charge in [-0.3, -0.25) is 0 Å². The van der Waals surface area contributed by atoms with E-state index in [2.05, 4.69) is 4.98 Å². The first kappa shape index (κ1) is 11.4. The van der Waals surface area contributed by atoms with E-state index >= 15 is 0 Å². The zero-order valence-electron chi connectivity index (χ0n) is 7.82. The van der Waals surface area contributed by atoms with Gasteiger partial charge in [0.2, 0.25) is 5.95 Å². The second-order valence-electron chi connectivity index (χ2n) is 3.60. The van der Waals surface area contributed by atoms with Crippen LogP contribution in [0, 0.1) is 11.9 Å².